The predicted molar refractivity (Wildman–Crippen MR) is 107 cm³/mol. The molecule has 0 saturated carbocycles. The molecule has 2 aromatic carbocycles. The highest BCUT2D eigenvalue weighted by molar-refractivity contribution is 7.98. The zero-order valence-corrected chi connectivity index (χ0v) is 16.7. The summed E-state index contributed by atoms with van der Waals surface area (Å²) in [7, 11) is 4.77. The smallest absolute Gasteiger partial charge is 0.142 e. The van der Waals surface area contributed by atoms with Crippen molar-refractivity contribution in [2.75, 3.05) is 14.1 Å². The lowest BCUT2D eigenvalue weighted by Crippen LogP contribution is -2.59. The Kier molecular flexibility index (Phi) is 3.59. The molecule has 2 aromatic rings. The van der Waals surface area contributed by atoms with Crippen LogP contribution in [0.4, 0.5) is 0 Å². The van der Waals surface area contributed by atoms with Crippen LogP contribution in [-0.2, 0) is 15.2 Å². The number of epoxide rings is 1. The van der Waals surface area contributed by atoms with Gasteiger partial charge in [0, 0.05) is 23.5 Å². The Morgan fingerprint density at radius 1 is 0.926 bits per heavy atom. The van der Waals surface area contributed by atoms with Crippen LogP contribution in [0.15, 0.2) is 53.4 Å². The number of nitrogens with zero attached hydrogens (tertiary/aromatic N) is 1. The normalized spacial score (nSPS) is 37.7. The number of rotatable bonds is 2. The average Bonchev–Trinajstić information content (AvgIpc) is 3.44. The van der Waals surface area contributed by atoms with Crippen molar-refractivity contribution in [2.45, 2.75) is 60.0 Å². The number of ether oxygens (including phenoxy) is 2. The number of likely N-dealkylation sites (N-methyl/N-ethyl adjacent to an activating group) is 1. The summed E-state index contributed by atoms with van der Waals surface area (Å²) in [5.74, 6) is 1.02. The fourth-order valence-corrected chi connectivity index (χ4v) is 6.82. The minimum absolute atomic E-state index is 0.0442. The number of quaternary nitrogens is 1. The van der Waals surface area contributed by atoms with Crippen LogP contribution < -0.4 is 0 Å². The molecule has 4 aliphatic rings. The van der Waals surface area contributed by atoms with Gasteiger partial charge in [-0.2, -0.15) is 0 Å². The van der Waals surface area contributed by atoms with E-state index < -0.39 is 0 Å². The maximum atomic E-state index is 6.93. The second kappa shape index (κ2) is 5.84. The Morgan fingerprint density at radius 3 is 2.37 bits per heavy atom. The molecule has 6 rings (SSSR count). The quantitative estimate of drug-likeness (QED) is 0.577. The Morgan fingerprint density at radius 2 is 1.59 bits per heavy atom. The summed E-state index contributed by atoms with van der Waals surface area (Å²) < 4.78 is 14.0. The fraction of sp³-hybridized carbons (Fsp3) is 0.478. The molecule has 3 nitrogen and oxygen atoms in total. The molecule has 4 heteroatoms. The van der Waals surface area contributed by atoms with E-state index in [9.17, 15) is 0 Å². The molecule has 0 aliphatic carbocycles. The number of morpholine rings is 1. The summed E-state index contributed by atoms with van der Waals surface area (Å²) in [5.41, 5.74) is 4.09. The van der Waals surface area contributed by atoms with E-state index in [1.54, 1.807) is 0 Å². The summed E-state index contributed by atoms with van der Waals surface area (Å²) in [6, 6.07) is 18.8. The summed E-state index contributed by atoms with van der Waals surface area (Å²) in [4.78, 5) is 1.36. The van der Waals surface area contributed by atoms with E-state index >= 15 is 0 Å². The molecular weight excluding hydrogens is 354 g/mol. The molecule has 2 bridgehead atoms. The molecule has 0 amide bonds. The molecule has 140 valence electrons. The molecule has 6 atom stereocenters. The third-order valence-corrected chi connectivity index (χ3v) is 8.43. The highest BCUT2D eigenvalue weighted by atomic mass is 32.2. The molecule has 27 heavy (non-hydrogen) atoms. The van der Waals surface area contributed by atoms with Gasteiger partial charge in [-0.25, -0.2) is 0 Å². The average molecular weight is 381 g/mol. The number of hydrogen-bond acceptors (Lipinski definition) is 3. The van der Waals surface area contributed by atoms with Crippen LogP contribution >= 0.6 is 11.8 Å². The second-order valence-electron chi connectivity index (χ2n) is 8.96. The maximum Gasteiger partial charge on any atom is 0.142 e. The minimum atomic E-state index is 0.0442. The lowest BCUT2D eigenvalue weighted by Gasteiger charge is -2.46. The highest BCUT2D eigenvalue weighted by Gasteiger charge is 2.70. The third-order valence-electron chi connectivity index (χ3n) is 7.29. The van der Waals surface area contributed by atoms with Gasteiger partial charge in [-0.1, -0.05) is 42.5 Å². The molecule has 4 aliphatic heterocycles. The van der Waals surface area contributed by atoms with Gasteiger partial charge in [-0.05, 0) is 22.8 Å². The molecule has 3 fully saturated rings. The molecule has 3 saturated heterocycles. The number of hydrogen-bond donors (Lipinski definition) is 0. The van der Waals surface area contributed by atoms with Gasteiger partial charge >= 0.3 is 0 Å². The van der Waals surface area contributed by atoms with Crippen molar-refractivity contribution < 1.29 is 14.0 Å². The molecule has 0 N–H and O–H groups in total. The zero-order chi connectivity index (χ0) is 18.2. The monoisotopic (exact) mass is 380 g/mol. The standard InChI is InChI=1S/C23H26NO2S/c1-24(2)18-11-15(12-19(24)23-22(18)26-23)25-21-16-8-4-3-7-14(16)13-27-20-10-6-5-9-17(20)21/h3-10,15,18-19,21-23H,11-13H2,1-2H3/q+1/t15?,18-,19+,21?,22-,23+. The zero-order valence-electron chi connectivity index (χ0n) is 15.9. The van der Waals surface area contributed by atoms with Crippen LogP contribution in [0.5, 0.6) is 0 Å². The molecular formula is C23H26NO2S+. The van der Waals surface area contributed by atoms with Crippen molar-refractivity contribution >= 4 is 11.8 Å². The maximum absolute atomic E-state index is 6.93. The largest absolute Gasteiger partial charge is 0.365 e. The van der Waals surface area contributed by atoms with Crippen LogP contribution in [0, 0.1) is 0 Å². The van der Waals surface area contributed by atoms with Crippen LogP contribution in [0.25, 0.3) is 0 Å². The van der Waals surface area contributed by atoms with Crippen molar-refractivity contribution in [3.05, 3.63) is 65.2 Å². The van der Waals surface area contributed by atoms with Crippen molar-refractivity contribution in [3.63, 3.8) is 0 Å². The van der Waals surface area contributed by atoms with Gasteiger partial charge in [0.05, 0.1) is 20.2 Å². The number of piperidine rings is 1. The summed E-state index contributed by atoms with van der Waals surface area (Å²) >= 11 is 1.94. The first kappa shape index (κ1) is 16.6. The first-order valence-corrected chi connectivity index (χ1v) is 11.1. The van der Waals surface area contributed by atoms with Gasteiger partial charge in [0.1, 0.15) is 30.4 Å². The molecule has 0 spiro atoms. The number of thioether (sulfide) groups is 1. The van der Waals surface area contributed by atoms with E-state index in [0.717, 1.165) is 23.1 Å². The Labute approximate surface area is 165 Å². The van der Waals surface area contributed by atoms with E-state index in [4.69, 9.17) is 9.47 Å². The topological polar surface area (TPSA) is 21.8 Å². The lowest BCUT2D eigenvalue weighted by molar-refractivity contribution is -0.938. The fourth-order valence-electron chi connectivity index (χ4n) is 5.73. The molecule has 0 radical (unpaired) electrons. The summed E-state index contributed by atoms with van der Waals surface area (Å²) in [5, 5.41) is 0. The van der Waals surface area contributed by atoms with Gasteiger partial charge in [0.2, 0.25) is 0 Å². The number of benzene rings is 2. The van der Waals surface area contributed by atoms with Crippen molar-refractivity contribution in [2.24, 2.45) is 0 Å². The Bertz CT molecular complexity index is 830. The van der Waals surface area contributed by atoms with Crippen molar-refractivity contribution in [1.29, 1.82) is 0 Å². The van der Waals surface area contributed by atoms with Gasteiger partial charge in [0.25, 0.3) is 0 Å². The van der Waals surface area contributed by atoms with E-state index in [1.165, 1.54) is 21.6 Å². The van der Waals surface area contributed by atoms with Crippen LogP contribution in [0.1, 0.15) is 35.6 Å². The Hall–Kier alpha value is -1.33. The first-order valence-electron chi connectivity index (χ1n) is 10.1. The van der Waals surface area contributed by atoms with Gasteiger partial charge < -0.3 is 14.0 Å². The minimum Gasteiger partial charge on any atom is -0.365 e. The molecule has 4 heterocycles. The van der Waals surface area contributed by atoms with Gasteiger partial charge in [-0.3, -0.25) is 0 Å². The SMILES string of the molecule is C[N+]1(C)[C@@H]2CC(OC3c4ccccc4CSc4ccccc43)C[C@H]1[C@@H]1O[C@@H]12. The molecule has 2 unspecified atom stereocenters. The van der Waals surface area contributed by atoms with Crippen molar-refractivity contribution in [3.8, 4) is 0 Å². The Balaban J connectivity index is 1.35. The highest BCUT2D eigenvalue weighted by Crippen LogP contribution is 2.53. The van der Waals surface area contributed by atoms with E-state index in [2.05, 4.69) is 62.6 Å². The van der Waals surface area contributed by atoms with Crippen LogP contribution in [0.3, 0.4) is 0 Å². The first-order chi connectivity index (χ1) is 13.1. The second-order valence-corrected chi connectivity index (χ2v) is 9.98. The summed E-state index contributed by atoms with van der Waals surface area (Å²) in [6.07, 6.45) is 3.53. The van der Waals surface area contributed by atoms with E-state index in [1.807, 2.05) is 11.8 Å². The van der Waals surface area contributed by atoms with Crippen LogP contribution in [0.2, 0.25) is 0 Å². The summed E-state index contributed by atoms with van der Waals surface area (Å²) in [6.45, 7) is 0. The van der Waals surface area contributed by atoms with E-state index in [0.29, 0.717) is 30.4 Å². The molecule has 0 aromatic heterocycles. The van der Waals surface area contributed by atoms with Crippen molar-refractivity contribution in [1.82, 2.24) is 0 Å². The van der Waals surface area contributed by atoms with E-state index in [-0.39, 0.29) is 6.10 Å². The van der Waals surface area contributed by atoms with Gasteiger partial charge in [0.15, 0.2) is 0 Å². The number of fused-ring (bicyclic) bond motifs is 7. The van der Waals surface area contributed by atoms with Crippen LogP contribution in [-0.4, -0.2) is 49.0 Å². The van der Waals surface area contributed by atoms with Gasteiger partial charge in [-0.15, -0.1) is 11.8 Å². The lowest BCUT2D eigenvalue weighted by atomic mass is 9.94. The third kappa shape index (κ3) is 2.47. The predicted octanol–water partition coefficient (Wildman–Crippen LogP) is 4.16.